The van der Waals surface area contributed by atoms with Crippen LogP contribution in [0, 0.1) is 5.92 Å². The van der Waals surface area contributed by atoms with E-state index >= 15 is 0 Å². The second-order valence-electron chi connectivity index (χ2n) is 4.12. The van der Waals surface area contributed by atoms with Crippen LogP contribution in [-0.4, -0.2) is 41.6 Å². The Kier molecular flexibility index (Phi) is 3.79. The average molecular weight is 284 g/mol. The fourth-order valence-corrected chi connectivity index (χ4v) is 2.63. The minimum absolute atomic E-state index is 0.0127. The molecule has 1 atom stereocenters. The third-order valence-corrected chi connectivity index (χ3v) is 3.71. The number of amides is 1. The highest BCUT2D eigenvalue weighted by atomic mass is 32.1. The maximum Gasteiger partial charge on any atom is 0.311 e. The number of carboxylic acid groups (broad SMARTS) is 1. The summed E-state index contributed by atoms with van der Waals surface area (Å²) in [7, 11) is 1.29. The molecule has 0 radical (unpaired) electrons. The van der Waals surface area contributed by atoms with Gasteiger partial charge in [-0.2, -0.15) is 0 Å². The van der Waals surface area contributed by atoms with Crippen molar-refractivity contribution >= 4 is 34.3 Å². The molecule has 102 valence electrons. The zero-order valence-corrected chi connectivity index (χ0v) is 11.0. The Bertz CT molecular complexity index is 527. The van der Waals surface area contributed by atoms with Gasteiger partial charge in [0, 0.05) is 18.3 Å². The third-order valence-electron chi connectivity index (χ3n) is 2.80. The standard InChI is InChI=1S/C11H12N2O5S/c1-18-9(15)3-7-5-19-11(12-7)13-4-6(10(16)17)2-8(13)14/h5-6H,2-4H2,1H3,(H,16,17). The van der Waals surface area contributed by atoms with E-state index in [1.54, 1.807) is 5.38 Å². The van der Waals surface area contributed by atoms with Crippen LogP contribution in [0.2, 0.25) is 0 Å². The van der Waals surface area contributed by atoms with Crippen LogP contribution in [-0.2, 0) is 25.5 Å². The minimum atomic E-state index is -0.984. The zero-order chi connectivity index (χ0) is 14.0. The maximum absolute atomic E-state index is 11.7. The number of hydrogen-bond acceptors (Lipinski definition) is 6. The van der Waals surface area contributed by atoms with Crippen molar-refractivity contribution in [2.24, 2.45) is 5.92 Å². The molecule has 1 aliphatic heterocycles. The van der Waals surface area contributed by atoms with Crippen molar-refractivity contribution in [3.8, 4) is 0 Å². The number of methoxy groups -OCH3 is 1. The molecule has 1 N–H and O–H groups in total. The number of esters is 1. The molecule has 1 fully saturated rings. The van der Waals surface area contributed by atoms with E-state index in [-0.39, 0.29) is 25.3 Å². The highest BCUT2D eigenvalue weighted by molar-refractivity contribution is 7.14. The van der Waals surface area contributed by atoms with Crippen molar-refractivity contribution < 1.29 is 24.2 Å². The van der Waals surface area contributed by atoms with Gasteiger partial charge in [0.2, 0.25) is 5.91 Å². The Morgan fingerprint density at radius 1 is 1.63 bits per heavy atom. The van der Waals surface area contributed by atoms with E-state index in [1.165, 1.54) is 23.3 Å². The van der Waals surface area contributed by atoms with Crippen LogP contribution >= 0.6 is 11.3 Å². The van der Waals surface area contributed by atoms with Gasteiger partial charge in [-0.15, -0.1) is 11.3 Å². The number of carbonyl (C=O) groups is 3. The number of nitrogens with zero attached hydrogens (tertiary/aromatic N) is 2. The van der Waals surface area contributed by atoms with Gasteiger partial charge < -0.3 is 9.84 Å². The first-order chi connectivity index (χ1) is 9.01. The molecular weight excluding hydrogens is 272 g/mol. The summed E-state index contributed by atoms with van der Waals surface area (Å²) >= 11 is 1.21. The summed E-state index contributed by atoms with van der Waals surface area (Å²) in [5.74, 6) is -2.35. The lowest BCUT2D eigenvalue weighted by atomic mass is 10.1. The van der Waals surface area contributed by atoms with Crippen LogP contribution in [0.3, 0.4) is 0 Å². The van der Waals surface area contributed by atoms with E-state index in [2.05, 4.69) is 9.72 Å². The predicted molar refractivity (Wildman–Crippen MR) is 65.9 cm³/mol. The first-order valence-electron chi connectivity index (χ1n) is 5.55. The van der Waals surface area contributed by atoms with E-state index in [4.69, 9.17) is 5.11 Å². The highest BCUT2D eigenvalue weighted by Crippen LogP contribution is 2.28. The molecule has 1 aliphatic rings. The lowest BCUT2D eigenvalue weighted by Crippen LogP contribution is -2.25. The monoisotopic (exact) mass is 284 g/mol. The van der Waals surface area contributed by atoms with Crippen LogP contribution < -0.4 is 4.90 Å². The van der Waals surface area contributed by atoms with Crippen molar-refractivity contribution in [3.63, 3.8) is 0 Å². The molecule has 8 heteroatoms. The van der Waals surface area contributed by atoms with Gasteiger partial charge in [-0.1, -0.05) is 0 Å². The number of carboxylic acids is 1. The molecular formula is C11H12N2O5S. The number of carbonyl (C=O) groups excluding carboxylic acids is 2. The van der Waals surface area contributed by atoms with Gasteiger partial charge in [-0.3, -0.25) is 19.3 Å². The van der Waals surface area contributed by atoms with E-state index in [0.717, 1.165) is 0 Å². The third kappa shape index (κ3) is 2.90. The second-order valence-corrected chi connectivity index (χ2v) is 4.95. The fraction of sp³-hybridized carbons (Fsp3) is 0.455. The molecule has 2 rings (SSSR count). The number of thiazole rings is 1. The summed E-state index contributed by atoms with van der Waals surface area (Å²) in [6.07, 6.45) is 0.0264. The van der Waals surface area contributed by atoms with Crippen molar-refractivity contribution in [1.29, 1.82) is 0 Å². The zero-order valence-electron chi connectivity index (χ0n) is 10.2. The van der Waals surface area contributed by atoms with Crippen LogP contribution in [0.5, 0.6) is 0 Å². The van der Waals surface area contributed by atoms with Gasteiger partial charge in [-0.25, -0.2) is 4.98 Å². The molecule has 1 aromatic heterocycles. The Balaban J connectivity index is 2.08. The SMILES string of the molecule is COC(=O)Cc1csc(N2CC(C(=O)O)CC2=O)n1. The largest absolute Gasteiger partial charge is 0.481 e. The predicted octanol–water partition coefficient (Wildman–Crippen LogP) is 0.296. The van der Waals surface area contributed by atoms with Crippen LogP contribution in [0.4, 0.5) is 5.13 Å². The molecule has 0 spiro atoms. The summed E-state index contributed by atoms with van der Waals surface area (Å²) in [5.41, 5.74) is 0.512. The molecule has 1 saturated heterocycles. The van der Waals surface area contributed by atoms with Gasteiger partial charge in [-0.05, 0) is 0 Å². The van der Waals surface area contributed by atoms with E-state index < -0.39 is 17.9 Å². The normalized spacial score (nSPS) is 18.7. The average Bonchev–Trinajstić information content (AvgIpc) is 2.95. The Labute approximate surface area is 112 Å². The molecule has 1 amide bonds. The van der Waals surface area contributed by atoms with Crippen LogP contribution in [0.15, 0.2) is 5.38 Å². The van der Waals surface area contributed by atoms with Crippen LogP contribution in [0.1, 0.15) is 12.1 Å². The second kappa shape index (κ2) is 5.35. The lowest BCUT2D eigenvalue weighted by Gasteiger charge is -2.11. The lowest BCUT2D eigenvalue weighted by molar-refractivity contribution is -0.142. The molecule has 1 unspecified atom stereocenters. The number of aromatic nitrogens is 1. The van der Waals surface area contributed by atoms with E-state index in [1.807, 2.05) is 0 Å². The molecule has 1 aromatic rings. The maximum atomic E-state index is 11.7. The molecule has 7 nitrogen and oxygen atoms in total. The van der Waals surface area contributed by atoms with Gasteiger partial charge in [0.05, 0.1) is 25.1 Å². The van der Waals surface area contributed by atoms with Crippen molar-refractivity contribution in [3.05, 3.63) is 11.1 Å². The Morgan fingerprint density at radius 2 is 2.37 bits per heavy atom. The number of aliphatic carboxylic acids is 1. The number of rotatable bonds is 4. The van der Waals surface area contributed by atoms with E-state index in [9.17, 15) is 14.4 Å². The minimum Gasteiger partial charge on any atom is -0.481 e. The summed E-state index contributed by atoms with van der Waals surface area (Å²) < 4.78 is 4.53. The molecule has 0 aliphatic carbocycles. The van der Waals surface area contributed by atoms with Gasteiger partial charge in [0.15, 0.2) is 5.13 Å². The van der Waals surface area contributed by atoms with Crippen LogP contribution in [0.25, 0.3) is 0 Å². The smallest absolute Gasteiger partial charge is 0.311 e. The number of hydrogen-bond donors (Lipinski definition) is 1. The van der Waals surface area contributed by atoms with Gasteiger partial charge in [0.25, 0.3) is 0 Å². The molecule has 19 heavy (non-hydrogen) atoms. The molecule has 0 aromatic carbocycles. The summed E-state index contributed by atoms with van der Waals surface area (Å²) in [6, 6.07) is 0. The topological polar surface area (TPSA) is 96.8 Å². The van der Waals surface area contributed by atoms with Crippen molar-refractivity contribution in [2.75, 3.05) is 18.6 Å². The van der Waals surface area contributed by atoms with Gasteiger partial charge in [0.1, 0.15) is 0 Å². The fourth-order valence-electron chi connectivity index (χ4n) is 1.78. The number of ether oxygens (including phenoxy) is 1. The van der Waals surface area contributed by atoms with Crippen molar-refractivity contribution in [2.45, 2.75) is 12.8 Å². The highest BCUT2D eigenvalue weighted by Gasteiger charge is 2.36. The first-order valence-corrected chi connectivity index (χ1v) is 6.43. The summed E-state index contributed by atoms with van der Waals surface area (Å²) in [6.45, 7) is 0.124. The molecule has 0 saturated carbocycles. The van der Waals surface area contributed by atoms with Gasteiger partial charge >= 0.3 is 11.9 Å². The molecule has 2 heterocycles. The Hall–Kier alpha value is -1.96. The Morgan fingerprint density at radius 3 is 2.95 bits per heavy atom. The quantitative estimate of drug-likeness (QED) is 0.798. The van der Waals surface area contributed by atoms with Crippen molar-refractivity contribution in [1.82, 2.24) is 4.98 Å². The summed E-state index contributed by atoms with van der Waals surface area (Å²) in [4.78, 5) is 39.2. The number of anilines is 1. The molecule has 0 bridgehead atoms. The van der Waals surface area contributed by atoms with E-state index in [0.29, 0.717) is 10.8 Å². The first kappa shape index (κ1) is 13.5. The summed E-state index contributed by atoms with van der Waals surface area (Å²) in [5, 5.41) is 11.0.